The Balaban J connectivity index is 2.57. The molecule has 0 unspecified atom stereocenters. The molecule has 0 radical (unpaired) electrons. The molecule has 2 N–H and O–H groups in total. The number of benzene rings is 1. The molecule has 0 aliphatic rings. The lowest BCUT2D eigenvalue weighted by Crippen LogP contribution is -2.07. The molecule has 0 amide bonds. The largest absolute Gasteiger partial charge is 0.481 e. The summed E-state index contributed by atoms with van der Waals surface area (Å²) in [6.45, 7) is 0.313. The zero-order valence-electron chi connectivity index (χ0n) is 8.27. The van der Waals surface area contributed by atoms with Crippen molar-refractivity contribution in [3.05, 3.63) is 28.2 Å². The van der Waals surface area contributed by atoms with Gasteiger partial charge in [-0.25, -0.2) is 8.78 Å². The van der Waals surface area contributed by atoms with Gasteiger partial charge < -0.3 is 10.4 Å². The number of hydrogen-bond acceptors (Lipinski definition) is 2. The highest BCUT2D eigenvalue weighted by molar-refractivity contribution is 9.10. The lowest BCUT2D eigenvalue weighted by atomic mass is 10.2. The first-order valence-electron chi connectivity index (χ1n) is 4.61. The summed E-state index contributed by atoms with van der Waals surface area (Å²) < 4.78 is 26.3. The molecule has 0 atom stereocenters. The molecular formula is C10H10BrF2NO2. The van der Waals surface area contributed by atoms with E-state index in [1.807, 2.05) is 0 Å². The molecule has 1 aromatic carbocycles. The van der Waals surface area contributed by atoms with E-state index in [0.29, 0.717) is 13.0 Å². The summed E-state index contributed by atoms with van der Waals surface area (Å²) in [5.74, 6) is -2.27. The molecule has 1 aromatic rings. The first kappa shape index (κ1) is 12.9. The Morgan fingerprint density at radius 3 is 2.69 bits per heavy atom. The Labute approximate surface area is 99.6 Å². The highest BCUT2D eigenvalue weighted by Crippen LogP contribution is 2.26. The van der Waals surface area contributed by atoms with Crippen LogP contribution >= 0.6 is 15.9 Å². The van der Waals surface area contributed by atoms with Gasteiger partial charge in [0.2, 0.25) is 0 Å². The maximum absolute atomic E-state index is 13.2. The minimum absolute atomic E-state index is 0.00737. The molecule has 3 nitrogen and oxygen atoms in total. The van der Waals surface area contributed by atoms with Crippen molar-refractivity contribution in [3.8, 4) is 0 Å². The Bertz CT molecular complexity index is 375. The number of rotatable bonds is 5. The van der Waals surface area contributed by atoms with Gasteiger partial charge in [-0.2, -0.15) is 0 Å². The van der Waals surface area contributed by atoms with Crippen LogP contribution in [0.15, 0.2) is 16.6 Å². The summed E-state index contributed by atoms with van der Waals surface area (Å²) in [5.41, 5.74) is 0.145. The van der Waals surface area contributed by atoms with Crippen molar-refractivity contribution in [3.63, 3.8) is 0 Å². The molecule has 0 aliphatic heterocycles. The number of aliphatic carboxylic acids is 1. The van der Waals surface area contributed by atoms with Crippen molar-refractivity contribution >= 4 is 27.6 Å². The second-order valence-corrected chi connectivity index (χ2v) is 4.02. The van der Waals surface area contributed by atoms with Crippen LogP contribution in [0.3, 0.4) is 0 Å². The van der Waals surface area contributed by atoms with Gasteiger partial charge in [-0.1, -0.05) is 0 Å². The van der Waals surface area contributed by atoms with E-state index in [-0.39, 0.29) is 16.6 Å². The summed E-state index contributed by atoms with van der Waals surface area (Å²) >= 11 is 3.02. The predicted octanol–water partition coefficient (Wildman–Crippen LogP) is 3.00. The Morgan fingerprint density at radius 1 is 1.44 bits per heavy atom. The normalized spacial score (nSPS) is 10.2. The van der Waals surface area contributed by atoms with E-state index in [0.717, 1.165) is 12.1 Å². The third-order valence-electron chi connectivity index (χ3n) is 1.88. The SMILES string of the molecule is O=C(O)CCCNc1c(F)cc(F)cc1Br. The number of hydrogen-bond donors (Lipinski definition) is 2. The van der Waals surface area contributed by atoms with E-state index >= 15 is 0 Å². The van der Waals surface area contributed by atoms with E-state index in [1.165, 1.54) is 0 Å². The number of nitrogens with one attached hydrogen (secondary N) is 1. The van der Waals surface area contributed by atoms with Gasteiger partial charge in [0.05, 0.1) is 5.69 Å². The third kappa shape index (κ3) is 3.77. The van der Waals surface area contributed by atoms with Crippen LogP contribution in [0.25, 0.3) is 0 Å². The summed E-state index contributed by atoms with van der Waals surface area (Å²) in [6.07, 6.45) is 0.381. The molecule has 1 rings (SSSR count). The van der Waals surface area contributed by atoms with Crippen LogP contribution in [0.5, 0.6) is 0 Å². The Kier molecular flexibility index (Phi) is 4.67. The van der Waals surface area contributed by atoms with Crippen molar-refractivity contribution in [1.82, 2.24) is 0 Å². The average Bonchev–Trinajstić information content (AvgIpc) is 2.14. The van der Waals surface area contributed by atoms with E-state index < -0.39 is 17.6 Å². The monoisotopic (exact) mass is 293 g/mol. The summed E-state index contributed by atoms with van der Waals surface area (Å²) in [5, 5.41) is 11.1. The fraction of sp³-hybridized carbons (Fsp3) is 0.300. The Morgan fingerprint density at radius 2 is 2.12 bits per heavy atom. The second kappa shape index (κ2) is 5.79. The molecule has 0 fully saturated rings. The minimum atomic E-state index is -0.902. The highest BCUT2D eigenvalue weighted by atomic mass is 79.9. The summed E-state index contributed by atoms with van der Waals surface area (Å²) in [7, 11) is 0. The number of carboxylic acids is 1. The van der Waals surface area contributed by atoms with Crippen LogP contribution in [0.2, 0.25) is 0 Å². The van der Waals surface area contributed by atoms with Crippen LogP contribution in [0.4, 0.5) is 14.5 Å². The number of carbonyl (C=O) groups is 1. The van der Waals surface area contributed by atoms with Crippen molar-refractivity contribution in [2.24, 2.45) is 0 Å². The standard InChI is InChI=1S/C10H10BrF2NO2/c11-7-4-6(12)5-8(13)10(7)14-3-1-2-9(15)16/h4-5,14H,1-3H2,(H,15,16). The fourth-order valence-corrected chi connectivity index (χ4v) is 1.71. The second-order valence-electron chi connectivity index (χ2n) is 3.17. The Hall–Kier alpha value is -1.17. The number of halogens is 3. The average molecular weight is 294 g/mol. The van der Waals surface area contributed by atoms with Gasteiger partial charge in [-0.3, -0.25) is 4.79 Å². The lowest BCUT2D eigenvalue weighted by Gasteiger charge is -2.09. The van der Waals surface area contributed by atoms with Crippen LogP contribution < -0.4 is 5.32 Å². The smallest absolute Gasteiger partial charge is 0.303 e. The van der Waals surface area contributed by atoms with Gasteiger partial charge in [0.25, 0.3) is 0 Å². The first-order chi connectivity index (χ1) is 7.50. The van der Waals surface area contributed by atoms with Crippen LogP contribution in [-0.2, 0) is 4.79 Å². The van der Waals surface area contributed by atoms with Crippen molar-refractivity contribution in [2.75, 3.05) is 11.9 Å². The number of anilines is 1. The topological polar surface area (TPSA) is 49.3 Å². The van der Waals surface area contributed by atoms with Crippen molar-refractivity contribution < 1.29 is 18.7 Å². The van der Waals surface area contributed by atoms with E-state index in [4.69, 9.17) is 5.11 Å². The maximum Gasteiger partial charge on any atom is 0.303 e. The number of carboxylic acid groups (broad SMARTS) is 1. The molecular weight excluding hydrogens is 284 g/mol. The van der Waals surface area contributed by atoms with Gasteiger partial charge in [-0.15, -0.1) is 0 Å². The van der Waals surface area contributed by atoms with Crippen LogP contribution in [-0.4, -0.2) is 17.6 Å². The van der Waals surface area contributed by atoms with E-state index in [1.54, 1.807) is 0 Å². The molecule has 6 heteroatoms. The van der Waals surface area contributed by atoms with Gasteiger partial charge >= 0.3 is 5.97 Å². The van der Waals surface area contributed by atoms with Gasteiger partial charge in [0, 0.05) is 23.5 Å². The third-order valence-corrected chi connectivity index (χ3v) is 2.50. The summed E-state index contributed by atoms with van der Waals surface area (Å²) in [6, 6.07) is 1.91. The van der Waals surface area contributed by atoms with E-state index in [9.17, 15) is 13.6 Å². The molecule has 0 heterocycles. The predicted molar refractivity (Wildman–Crippen MR) is 59.4 cm³/mol. The lowest BCUT2D eigenvalue weighted by molar-refractivity contribution is -0.137. The fourth-order valence-electron chi connectivity index (χ4n) is 1.16. The molecule has 0 aliphatic carbocycles. The molecule has 16 heavy (non-hydrogen) atoms. The van der Waals surface area contributed by atoms with Crippen LogP contribution in [0, 0.1) is 11.6 Å². The summed E-state index contributed by atoms with van der Waals surface area (Å²) in [4.78, 5) is 10.2. The molecule has 0 bridgehead atoms. The molecule has 0 saturated heterocycles. The molecule has 88 valence electrons. The van der Waals surface area contributed by atoms with Gasteiger partial charge in [0.15, 0.2) is 0 Å². The van der Waals surface area contributed by atoms with Crippen molar-refractivity contribution in [2.45, 2.75) is 12.8 Å². The zero-order valence-corrected chi connectivity index (χ0v) is 9.85. The minimum Gasteiger partial charge on any atom is -0.481 e. The zero-order chi connectivity index (χ0) is 12.1. The van der Waals surface area contributed by atoms with Crippen molar-refractivity contribution in [1.29, 1.82) is 0 Å². The van der Waals surface area contributed by atoms with E-state index in [2.05, 4.69) is 21.2 Å². The molecule has 0 spiro atoms. The van der Waals surface area contributed by atoms with Crippen LogP contribution in [0.1, 0.15) is 12.8 Å². The van der Waals surface area contributed by atoms with Gasteiger partial charge in [0.1, 0.15) is 11.6 Å². The molecule has 0 aromatic heterocycles. The molecule has 0 saturated carbocycles. The quantitative estimate of drug-likeness (QED) is 0.821. The maximum atomic E-state index is 13.2. The highest BCUT2D eigenvalue weighted by Gasteiger charge is 2.08. The van der Waals surface area contributed by atoms with Gasteiger partial charge in [-0.05, 0) is 28.4 Å². The first-order valence-corrected chi connectivity index (χ1v) is 5.40.